The normalized spacial score (nSPS) is 12.6. The highest BCUT2D eigenvalue weighted by atomic mass is 35.5. The van der Waals surface area contributed by atoms with Gasteiger partial charge in [-0.25, -0.2) is 4.99 Å². The van der Waals surface area contributed by atoms with E-state index in [2.05, 4.69) is 15.6 Å². The summed E-state index contributed by atoms with van der Waals surface area (Å²) < 4.78 is 12.2. The van der Waals surface area contributed by atoms with E-state index >= 15 is 0 Å². The molecule has 0 spiro atoms. The summed E-state index contributed by atoms with van der Waals surface area (Å²) in [5, 5.41) is 7.16. The standard InChI is InChI=1S/C19H24ClN3OS/c1-2-21-19(23-14-16-8-10-18(20)11-9-16)22-12-13-25(24)15-17-6-4-3-5-7-17/h3-11H,2,12-15H2,1H3,(H2,21,22,23). The maximum atomic E-state index is 12.2. The minimum Gasteiger partial charge on any atom is -0.357 e. The van der Waals surface area contributed by atoms with E-state index in [9.17, 15) is 4.21 Å². The predicted octanol–water partition coefficient (Wildman–Crippen LogP) is 3.34. The Morgan fingerprint density at radius 1 is 1.04 bits per heavy atom. The van der Waals surface area contributed by atoms with Crippen molar-refractivity contribution in [1.29, 1.82) is 0 Å². The van der Waals surface area contributed by atoms with Crippen LogP contribution in [0.5, 0.6) is 0 Å². The Bertz CT molecular complexity index is 690. The van der Waals surface area contributed by atoms with E-state index in [1.165, 1.54) is 0 Å². The summed E-state index contributed by atoms with van der Waals surface area (Å²) in [6, 6.07) is 17.6. The smallest absolute Gasteiger partial charge is 0.191 e. The first-order valence-corrected chi connectivity index (χ1v) is 10.2. The Labute approximate surface area is 157 Å². The minimum atomic E-state index is -0.894. The number of benzene rings is 2. The van der Waals surface area contributed by atoms with E-state index in [4.69, 9.17) is 11.6 Å². The van der Waals surface area contributed by atoms with Crippen molar-refractivity contribution in [3.05, 3.63) is 70.7 Å². The maximum Gasteiger partial charge on any atom is 0.191 e. The Balaban J connectivity index is 1.79. The zero-order valence-corrected chi connectivity index (χ0v) is 15.9. The number of nitrogens with one attached hydrogen (secondary N) is 2. The van der Waals surface area contributed by atoms with E-state index in [0.717, 1.165) is 28.7 Å². The fourth-order valence-electron chi connectivity index (χ4n) is 2.22. The minimum absolute atomic E-state index is 0.569. The topological polar surface area (TPSA) is 53.5 Å². The van der Waals surface area contributed by atoms with Crippen LogP contribution < -0.4 is 10.6 Å². The average Bonchev–Trinajstić information content (AvgIpc) is 2.62. The van der Waals surface area contributed by atoms with Crippen LogP contribution in [0, 0.1) is 0 Å². The zero-order chi connectivity index (χ0) is 17.9. The lowest BCUT2D eigenvalue weighted by Crippen LogP contribution is -2.39. The molecule has 0 fully saturated rings. The Morgan fingerprint density at radius 2 is 1.76 bits per heavy atom. The van der Waals surface area contributed by atoms with E-state index in [1.807, 2.05) is 61.5 Å². The van der Waals surface area contributed by atoms with Gasteiger partial charge >= 0.3 is 0 Å². The first-order chi connectivity index (χ1) is 12.2. The van der Waals surface area contributed by atoms with Crippen molar-refractivity contribution < 1.29 is 4.21 Å². The Kier molecular flexibility index (Phi) is 8.49. The lowest BCUT2D eigenvalue weighted by molar-refractivity contribution is 0.680. The van der Waals surface area contributed by atoms with Crippen LogP contribution in [-0.4, -0.2) is 29.0 Å². The molecule has 0 aromatic heterocycles. The SMILES string of the molecule is CCNC(=NCc1ccc(Cl)cc1)NCCS(=O)Cc1ccccc1. The average molecular weight is 378 g/mol. The van der Waals surface area contributed by atoms with E-state index < -0.39 is 10.8 Å². The van der Waals surface area contributed by atoms with Crippen LogP contribution in [0.3, 0.4) is 0 Å². The second-order valence-corrected chi connectivity index (χ2v) is 7.54. The third kappa shape index (κ3) is 7.71. The van der Waals surface area contributed by atoms with Crippen LogP contribution in [0.4, 0.5) is 0 Å². The van der Waals surface area contributed by atoms with Crippen molar-refractivity contribution in [2.24, 2.45) is 4.99 Å². The van der Waals surface area contributed by atoms with Gasteiger partial charge in [-0.05, 0) is 30.2 Å². The molecule has 1 atom stereocenters. The molecule has 25 heavy (non-hydrogen) atoms. The summed E-state index contributed by atoms with van der Waals surface area (Å²) in [7, 11) is -0.894. The number of rotatable bonds is 8. The molecule has 4 nitrogen and oxygen atoms in total. The van der Waals surface area contributed by atoms with Gasteiger partial charge in [0.25, 0.3) is 0 Å². The van der Waals surface area contributed by atoms with Gasteiger partial charge in [0.2, 0.25) is 0 Å². The number of halogens is 1. The lowest BCUT2D eigenvalue weighted by atomic mass is 10.2. The molecule has 134 valence electrons. The van der Waals surface area contributed by atoms with Crippen molar-refractivity contribution in [2.75, 3.05) is 18.8 Å². The molecule has 0 aliphatic carbocycles. The summed E-state index contributed by atoms with van der Waals surface area (Å²) in [4.78, 5) is 4.55. The van der Waals surface area contributed by atoms with Gasteiger partial charge in [-0.15, -0.1) is 0 Å². The molecule has 2 aromatic rings. The number of nitrogens with zero attached hydrogens (tertiary/aromatic N) is 1. The number of hydrogen-bond donors (Lipinski definition) is 2. The molecule has 0 saturated carbocycles. The van der Waals surface area contributed by atoms with Crippen molar-refractivity contribution in [3.8, 4) is 0 Å². The largest absolute Gasteiger partial charge is 0.357 e. The number of hydrogen-bond acceptors (Lipinski definition) is 2. The summed E-state index contributed by atoms with van der Waals surface area (Å²) >= 11 is 5.89. The highest BCUT2D eigenvalue weighted by molar-refractivity contribution is 7.84. The van der Waals surface area contributed by atoms with Gasteiger partial charge in [0, 0.05) is 40.4 Å². The fourth-order valence-corrected chi connectivity index (χ4v) is 3.38. The van der Waals surface area contributed by atoms with Gasteiger partial charge in [0.15, 0.2) is 5.96 Å². The van der Waals surface area contributed by atoms with E-state index in [1.54, 1.807) is 0 Å². The van der Waals surface area contributed by atoms with Crippen molar-refractivity contribution in [1.82, 2.24) is 10.6 Å². The lowest BCUT2D eigenvalue weighted by Gasteiger charge is -2.11. The molecule has 0 bridgehead atoms. The van der Waals surface area contributed by atoms with Gasteiger partial charge in [-0.3, -0.25) is 4.21 Å². The van der Waals surface area contributed by atoms with Gasteiger partial charge < -0.3 is 10.6 Å². The molecule has 6 heteroatoms. The highest BCUT2D eigenvalue weighted by Gasteiger charge is 2.03. The van der Waals surface area contributed by atoms with Crippen molar-refractivity contribution in [2.45, 2.75) is 19.2 Å². The third-order valence-electron chi connectivity index (χ3n) is 3.47. The van der Waals surface area contributed by atoms with Gasteiger partial charge in [0.05, 0.1) is 6.54 Å². The molecule has 2 aromatic carbocycles. The predicted molar refractivity (Wildman–Crippen MR) is 107 cm³/mol. The van der Waals surface area contributed by atoms with Gasteiger partial charge in [-0.2, -0.15) is 0 Å². The molecule has 2 N–H and O–H groups in total. The summed E-state index contributed by atoms with van der Waals surface area (Å²) in [6.07, 6.45) is 0. The monoisotopic (exact) mass is 377 g/mol. The van der Waals surface area contributed by atoms with E-state index in [0.29, 0.717) is 24.6 Å². The first-order valence-electron chi connectivity index (χ1n) is 8.33. The molecule has 0 radical (unpaired) electrons. The molecule has 0 amide bonds. The Hall–Kier alpha value is -1.85. The summed E-state index contributed by atoms with van der Waals surface area (Å²) in [6.45, 7) is 3.98. The summed E-state index contributed by atoms with van der Waals surface area (Å²) in [5.41, 5.74) is 2.19. The van der Waals surface area contributed by atoms with Gasteiger partial charge in [0.1, 0.15) is 0 Å². The number of guanidine groups is 1. The van der Waals surface area contributed by atoms with Crippen LogP contribution in [0.25, 0.3) is 0 Å². The van der Waals surface area contributed by atoms with Crippen LogP contribution in [-0.2, 0) is 23.1 Å². The molecule has 1 unspecified atom stereocenters. The van der Waals surface area contributed by atoms with Crippen LogP contribution in [0.15, 0.2) is 59.6 Å². The fraction of sp³-hybridized carbons (Fsp3) is 0.316. The first kappa shape index (κ1) is 19.5. The van der Waals surface area contributed by atoms with Crippen molar-refractivity contribution in [3.63, 3.8) is 0 Å². The molecule has 2 rings (SSSR count). The third-order valence-corrected chi connectivity index (χ3v) is 5.04. The molecular weight excluding hydrogens is 354 g/mol. The maximum absolute atomic E-state index is 12.2. The van der Waals surface area contributed by atoms with Crippen LogP contribution >= 0.6 is 11.6 Å². The number of aliphatic imine (C=N–C) groups is 1. The zero-order valence-electron chi connectivity index (χ0n) is 14.4. The van der Waals surface area contributed by atoms with Crippen LogP contribution in [0.2, 0.25) is 5.02 Å². The van der Waals surface area contributed by atoms with Crippen LogP contribution in [0.1, 0.15) is 18.1 Å². The Morgan fingerprint density at radius 3 is 2.44 bits per heavy atom. The summed E-state index contributed by atoms with van der Waals surface area (Å²) in [5.74, 6) is 1.90. The van der Waals surface area contributed by atoms with Crippen molar-refractivity contribution >= 4 is 28.4 Å². The van der Waals surface area contributed by atoms with Gasteiger partial charge in [-0.1, -0.05) is 54.1 Å². The second kappa shape index (κ2) is 10.9. The second-order valence-electron chi connectivity index (χ2n) is 5.52. The molecular formula is C19H24ClN3OS. The molecule has 0 aliphatic heterocycles. The molecule has 0 aliphatic rings. The molecule has 0 heterocycles. The molecule has 0 saturated heterocycles. The quantitative estimate of drug-likeness (QED) is 0.548. The highest BCUT2D eigenvalue weighted by Crippen LogP contribution is 2.10. The van der Waals surface area contributed by atoms with E-state index in [-0.39, 0.29) is 0 Å².